The summed E-state index contributed by atoms with van der Waals surface area (Å²) in [5.74, 6) is -0.269. The van der Waals surface area contributed by atoms with Crippen LogP contribution < -0.4 is 0 Å². The van der Waals surface area contributed by atoms with Crippen molar-refractivity contribution >= 4 is 15.9 Å². The molecule has 0 unspecified atom stereocenters. The molecule has 0 heterocycles. The lowest BCUT2D eigenvalue weighted by Crippen LogP contribution is -2.02. The van der Waals surface area contributed by atoms with Crippen molar-refractivity contribution in [2.45, 2.75) is 25.2 Å². The third kappa shape index (κ3) is 4.14. The molecule has 0 spiro atoms. The summed E-state index contributed by atoms with van der Waals surface area (Å²) in [6.07, 6.45) is 3.15. The van der Waals surface area contributed by atoms with Crippen LogP contribution in [0.2, 0.25) is 0 Å². The van der Waals surface area contributed by atoms with Gasteiger partial charge in [0.2, 0.25) is 0 Å². The van der Waals surface area contributed by atoms with Gasteiger partial charge in [-0.2, -0.15) is 0 Å². The van der Waals surface area contributed by atoms with Crippen LogP contribution in [-0.2, 0) is 0 Å². The Bertz CT molecular complexity index is 474. The van der Waals surface area contributed by atoms with Crippen molar-refractivity contribution in [2.75, 3.05) is 5.33 Å². The molecular formula is C17H17BrF2. The summed E-state index contributed by atoms with van der Waals surface area (Å²) in [5.41, 5.74) is 2.15. The van der Waals surface area contributed by atoms with Gasteiger partial charge in [-0.05, 0) is 48.2 Å². The highest BCUT2D eigenvalue weighted by atomic mass is 79.9. The molecule has 0 amide bonds. The molecule has 2 aromatic carbocycles. The van der Waals surface area contributed by atoms with Crippen molar-refractivity contribution in [1.29, 1.82) is 0 Å². The highest BCUT2D eigenvalue weighted by Crippen LogP contribution is 2.30. The molecule has 0 fully saturated rings. The highest BCUT2D eigenvalue weighted by molar-refractivity contribution is 9.09. The normalized spacial score (nSPS) is 11.0. The average Bonchev–Trinajstić information content (AvgIpc) is 2.46. The fourth-order valence-electron chi connectivity index (χ4n) is 2.36. The highest BCUT2D eigenvalue weighted by Gasteiger charge is 2.14. The lowest BCUT2D eigenvalue weighted by molar-refractivity contribution is 0.617. The van der Waals surface area contributed by atoms with Crippen molar-refractivity contribution < 1.29 is 8.78 Å². The van der Waals surface area contributed by atoms with Crippen LogP contribution in [0.15, 0.2) is 48.5 Å². The topological polar surface area (TPSA) is 0 Å². The third-order valence-corrected chi connectivity index (χ3v) is 3.98. The first kappa shape index (κ1) is 15.2. The largest absolute Gasteiger partial charge is 0.207 e. The molecule has 0 bridgehead atoms. The first-order valence-electron chi connectivity index (χ1n) is 6.77. The molecule has 0 saturated heterocycles. The molecule has 3 heteroatoms. The Morgan fingerprint density at radius 3 is 1.60 bits per heavy atom. The van der Waals surface area contributed by atoms with Gasteiger partial charge in [-0.15, -0.1) is 0 Å². The van der Waals surface area contributed by atoms with E-state index in [-0.39, 0.29) is 17.6 Å². The molecule has 106 valence electrons. The Balaban J connectivity index is 2.23. The van der Waals surface area contributed by atoms with Crippen molar-refractivity contribution in [3.8, 4) is 0 Å². The SMILES string of the molecule is Fc1ccc(C(CCCCBr)c2ccc(F)cc2)cc1. The van der Waals surface area contributed by atoms with Crippen molar-refractivity contribution in [3.63, 3.8) is 0 Å². The van der Waals surface area contributed by atoms with Crippen molar-refractivity contribution in [3.05, 3.63) is 71.3 Å². The summed E-state index contributed by atoms with van der Waals surface area (Å²) < 4.78 is 26.1. The Hall–Kier alpha value is -1.22. The molecule has 0 nitrogen and oxygen atoms in total. The zero-order valence-electron chi connectivity index (χ0n) is 11.2. The first-order chi connectivity index (χ1) is 9.70. The third-order valence-electron chi connectivity index (χ3n) is 3.42. The molecule has 0 atom stereocenters. The number of halogens is 3. The van der Waals surface area contributed by atoms with Gasteiger partial charge in [0, 0.05) is 11.2 Å². The minimum absolute atomic E-state index is 0.190. The van der Waals surface area contributed by atoms with Crippen LogP contribution >= 0.6 is 15.9 Å². The van der Waals surface area contributed by atoms with E-state index in [4.69, 9.17) is 0 Å². The lowest BCUT2D eigenvalue weighted by Gasteiger charge is -2.18. The monoisotopic (exact) mass is 338 g/mol. The second kappa shape index (κ2) is 7.53. The molecule has 20 heavy (non-hydrogen) atoms. The lowest BCUT2D eigenvalue weighted by atomic mass is 9.87. The second-order valence-electron chi connectivity index (χ2n) is 4.84. The standard InChI is InChI=1S/C17H17BrF2/c18-12-2-1-3-17(13-4-8-15(19)9-5-13)14-6-10-16(20)11-7-14/h4-11,17H,1-3,12H2. The van der Waals surface area contributed by atoms with Crippen molar-refractivity contribution in [1.82, 2.24) is 0 Å². The van der Waals surface area contributed by atoms with Crippen molar-refractivity contribution in [2.24, 2.45) is 0 Å². The van der Waals surface area contributed by atoms with E-state index < -0.39 is 0 Å². The van der Waals surface area contributed by atoms with Crippen LogP contribution in [0.5, 0.6) is 0 Å². The Labute approximate surface area is 127 Å². The molecule has 0 aliphatic rings. The molecule has 0 saturated carbocycles. The summed E-state index contributed by atoms with van der Waals surface area (Å²) in [6, 6.07) is 13.2. The average molecular weight is 339 g/mol. The summed E-state index contributed by atoms with van der Waals surface area (Å²) in [4.78, 5) is 0. The van der Waals surface area contributed by atoms with Gasteiger partial charge in [0.15, 0.2) is 0 Å². The van der Waals surface area contributed by atoms with E-state index in [2.05, 4.69) is 15.9 Å². The molecular weight excluding hydrogens is 322 g/mol. The Morgan fingerprint density at radius 2 is 1.20 bits per heavy atom. The van der Waals surface area contributed by atoms with Gasteiger partial charge < -0.3 is 0 Å². The maximum absolute atomic E-state index is 13.1. The molecule has 0 radical (unpaired) electrons. The summed E-state index contributed by atoms with van der Waals surface area (Å²) >= 11 is 3.43. The van der Waals surface area contributed by atoms with E-state index in [0.29, 0.717) is 0 Å². The van der Waals surface area contributed by atoms with Crippen LogP contribution in [-0.4, -0.2) is 5.33 Å². The summed E-state index contributed by atoms with van der Waals surface area (Å²) in [5, 5.41) is 0.979. The summed E-state index contributed by atoms with van der Waals surface area (Å²) in [6.45, 7) is 0. The van der Waals surface area contributed by atoms with E-state index in [9.17, 15) is 8.78 Å². The van der Waals surface area contributed by atoms with Crippen LogP contribution in [0, 0.1) is 11.6 Å². The predicted molar refractivity (Wildman–Crippen MR) is 82.3 cm³/mol. The van der Waals surface area contributed by atoms with Gasteiger partial charge in [0.05, 0.1) is 0 Å². The van der Waals surface area contributed by atoms with Gasteiger partial charge in [-0.25, -0.2) is 8.78 Å². The van der Waals surface area contributed by atoms with Gasteiger partial charge in [-0.3, -0.25) is 0 Å². The maximum Gasteiger partial charge on any atom is 0.123 e. The van der Waals surface area contributed by atoms with Crippen LogP contribution in [0.3, 0.4) is 0 Å². The van der Waals surface area contributed by atoms with E-state index in [1.54, 1.807) is 0 Å². The van der Waals surface area contributed by atoms with E-state index in [1.807, 2.05) is 24.3 Å². The minimum atomic E-state index is -0.230. The Morgan fingerprint density at radius 1 is 0.750 bits per heavy atom. The number of unbranched alkanes of at least 4 members (excludes halogenated alkanes) is 1. The number of hydrogen-bond donors (Lipinski definition) is 0. The molecule has 2 aromatic rings. The van der Waals surface area contributed by atoms with E-state index in [0.717, 1.165) is 35.7 Å². The zero-order chi connectivity index (χ0) is 14.4. The fraction of sp³-hybridized carbons (Fsp3) is 0.294. The number of rotatable bonds is 6. The molecule has 0 aliphatic carbocycles. The number of benzene rings is 2. The Kier molecular flexibility index (Phi) is 5.72. The van der Waals surface area contributed by atoms with E-state index in [1.165, 1.54) is 24.3 Å². The number of alkyl halides is 1. The van der Waals surface area contributed by atoms with Crippen LogP contribution in [0.25, 0.3) is 0 Å². The zero-order valence-corrected chi connectivity index (χ0v) is 12.7. The summed E-state index contributed by atoms with van der Waals surface area (Å²) in [7, 11) is 0. The molecule has 0 aliphatic heterocycles. The van der Waals surface area contributed by atoms with Gasteiger partial charge in [0.1, 0.15) is 11.6 Å². The molecule has 0 aromatic heterocycles. The fourth-order valence-corrected chi connectivity index (χ4v) is 2.76. The van der Waals surface area contributed by atoms with Gasteiger partial charge in [0.25, 0.3) is 0 Å². The van der Waals surface area contributed by atoms with Crippen LogP contribution in [0.4, 0.5) is 8.78 Å². The molecule has 2 rings (SSSR count). The van der Waals surface area contributed by atoms with E-state index >= 15 is 0 Å². The second-order valence-corrected chi connectivity index (χ2v) is 5.63. The number of hydrogen-bond acceptors (Lipinski definition) is 0. The minimum Gasteiger partial charge on any atom is -0.207 e. The van der Waals surface area contributed by atoms with Crippen LogP contribution in [0.1, 0.15) is 36.3 Å². The predicted octanol–water partition coefficient (Wildman–Crippen LogP) is 5.66. The van der Waals surface area contributed by atoms with Gasteiger partial charge in [-0.1, -0.05) is 46.6 Å². The maximum atomic E-state index is 13.1. The quantitative estimate of drug-likeness (QED) is 0.470. The molecule has 0 N–H and O–H groups in total. The first-order valence-corrected chi connectivity index (χ1v) is 7.90. The smallest absolute Gasteiger partial charge is 0.123 e. The van der Waals surface area contributed by atoms with Gasteiger partial charge >= 0.3 is 0 Å².